The zero-order valence-electron chi connectivity index (χ0n) is 7.17. The highest BCUT2D eigenvalue weighted by Crippen LogP contribution is 2.11. The van der Waals surface area contributed by atoms with Gasteiger partial charge in [-0.25, -0.2) is 0 Å². The molecular weight excluding hydrogens is 124 g/mol. The summed E-state index contributed by atoms with van der Waals surface area (Å²) in [7, 11) is 6.12. The van der Waals surface area contributed by atoms with E-state index in [2.05, 4.69) is 37.7 Å². The summed E-state index contributed by atoms with van der Waals surface area (Å²) in [4.78, 5) is 4.55. The average molecular weight is 141 g/mol. The van der Waals surface area contributed by atoms with Gasteiger partial charge in [-0.15, -0.1) is 0 Å². The van der Waals surface area contributed by atoms with E-state index in [0.29, 0.717) is 12.1 Å². The highest BCUT2D eigenvalue weighted by atomic mass is 15.3. The minimum Gasteiger partial charge on any atom is -0.457 e. The van der Waals surface area contributed by atoms with Crippen molar-refractivity contribution in [3.8, 4) is 0 Å². The summed E-state index contributed by atoms with van der Waals surface area (Å²) in [6, 6.07) is 1.31. The van der Waals surface area contributed by atoms with Gasteiger partial charge in [-0.1, -0.05) is 0 Å². The fraction of sp³-hybridized carbons (Fsp3) is 0.875. The van der Waals surface area contributed by atoms with Gasteiger partial charge in [0.1, 0.15) is 0 Å². The van der Waals surface area contributed by atoms with Crippen LogP contribution in [0.3, 0.4) is 0 Å². The molecule has 1 aliphatic heterocycles. The third kappa shape index (κ3) is 1.50. The van der Waals surface area contributed by atoms with Crippen LogP contribution in [0.2, 0.25) is 0 Å². The standard InChI is InChI=1S/C8H17N2/c1-7-5-9(3)6-8(2)10(7)4/h7-8H,3,5-6H2,1-2,4H3/q-1. The van der Waals surface area contributed by atoms with E-state index in [9.17, 15) is 0 Å². The van der Waals surface area contributed by atoms with Crippen LogP contribution in [0.4, 0.5) is 0 Å². The SMILES string of the molecule is [CH2-]N1CC(C)N(C)C(C)C1. The summed E-state index contributed by atoms with van der Waals surface area (Å²) >= 11 is 0. The number of likely N-dealkylation sites (N-methyl/N-ethyl adjacent to an activating group) is 1. The van der Waals surface area contributed by atoms with Crippen LogP contribution in [0.15, 0.2) is 0 Å². The van der Waals surface area contributed by atoms with Gasteiger partial charge in [0.15, 0.2) is 0 Å². The highest BCUT2D eigenvalue weighted by Gasteiger charge is 2.20. The van der Waals surface area contributed by atoms with E-state index in [0.717, 1.165) is 13.1 Å². The Kier molecular flexibility index (Phi) is 2.32. The zero-order chi connectivity index (χ0) is 7.72. The minimum absolute atomic E-state index is 0.654. The summed E-state index contributed by atoms with van der Waals surface area (Å²) in [5, 5.41) is 0. The first-order valence-corrected chi connectivity index (χ1v) is 3.88. The van der Waals surface area contributed by atoms with Gasteiger partial charge in [0.2, 0.25) is 0 Å². The maximum atomic E-state index is 3.94. The number of hydrogen-bond donors (Lipinski definition) is 0. The van der Waals surface area contributed by atoms with Crippen molar-refractivity contribution in [2.24, 2.45) is 0 Å². The van der Waals surface area contributed by atoms with Crippen LogP contribution in [0.1, 0.15) is 13.8 Å². The second-order valence-corrected chi connectivity index (χ2v) is 3.40. The van der Waals surface area contributed by atoms with Crippen LogP contribution in [0, 0.1) is 7.05 Å². The lowest BCUT2D eigenvalue weighted by molar-refractivity contribution is 0.0860. The number of piperazine rings is 1. The van der Waals surface area contributed by atoms with Crippen molar-refractivity contribution in [2.45, 2.75) is 25.9 Å². The van der Waals surface area contributed by atoms with Crippen molar-refractivity contribution < 1.29 is 0 Å². The number of rotatable bonds is 0. The van der Waals surface area contributed by atoms with Gasteiger partial charge >= 0.3 is 0 Å². The minimum atomic E-state index is 0.654. The monoisotopic (exact) mass is 141 g/mol. The van der Waals surface area contributed by atoms with Crippen LogP contribution in [-0.2, 0) is 0 Å². The topological polar surface area (TPSA) is 6.48 Å². The second kappa shape index (κ2) is 2.89. The molecule has 0 radical (unpaired) electrons. The summed E-state index contributed by atoms with van der Waals surface area (Å²) < 4.78 is 0. The molecule has 0 amide bonds. The summed E-state index contributed by atoms with van der Waals surface area (Å²) in [5.74, 6) is 0. The fourth-order valence-corrected chi connectivity index (χ4v) is 1.51. The first-order valence-electron chi connectivity index (χ1n) is 3.88. The Morgan fingerprint density at radius 2 is 1.60 bits per heavy atom. The molecule has 0 aliphatic carbocycles. The molecule has 2 heteroatoms. The van der Waals surface area contributed by atoms with E-state index in [1.165, 1.54) is 0 Å². The van der Waals surface area contributed by atoms with Gasteiger partial charge in [0.05, 0.1) is 0 Å². The van der Waals surface area contributed by atoms with Gasteiger partial charge < -0.3 is 4.90 Å². The predicted octanol–water partition coefficient (Wildman–Crippen LogP) is 0.802. The molecule has 60 valence electrons. The Morgan fingerprint density at radius 3 is 2.00 bits per heavy atom. The van der Waals surface area contributed by atoms with E-state index in [1.807, 2.05) is 0 Å². The number of nitrogens with zero attached hydrogens (tertiary/aromatic N) is 2. The largest absolute Gasteiger partial charge is 0.457 e. The van der Waals surface area contributed by atoms with Crippen LogP contribution in [0.25, 0.3) is 0 Å². The van der Waals surface area contributed by atoms with Crippen molar-refractivity contribution in [1.29, 1.82) is 0 Å². The van der Waals surface area contributed by atoms with E-state index in [-0.39, 0.29) is 0 Å². The maximum absolute atomic E-state index is 3.94. The van der Waals surface area contributed by atoms with Gasteiger partial charge in [-0.2, -0.15) is 0 Å². The molecule has 2 nitrogen and oxygen atoms in total. The van der Waals surface area contributed by atoms with Crippen molar-refractivity contribution in [1.82, 2.24) is 9.80 Å². The Bertz CT molecular complexity index is 102. The van der Waals surface area contributed by atoms with Crippen LogP contribution in [-0.4, -0.2) is 42.0 Å². The molecule has 0 aromatic carbocycles. The third-order valence-corrected chi connectivity index (χ3v) is 2.44. The number of hydrogen-bond acceptors (Lipinski definition) is 2. The van der Waals surface area contributed by atoms with Crippen LogP contribution >= 0.6 is 0 Å². The molecule has 10 heavy (non-hydrogen) atoms. The molecule has 0 saturated carbocycles. The van der Waals surface area contributed by atoms with Gasteiger partial charge in [0, 0.05) is 12.1 Å². The molecule has 1 rings (SSSR count). The molecule has 0 spiro atoms. The van der Waals surface area contributed by atoms with Gasteiger partial charge in [-0.05, 0) is 34.0 Å². The summed E-state index contributed by atoms with van der Waals surface area (Å²) in [6.07, 6.45) is 0. The molecule has 2 atom stereocenters. The molecule has 1 heterocycles. The molecular formula is C8H17N2-. The van der Waals surface area contributed by atoms with Gasteiger partial charge in [0.25, 0.3) is 0 Å². The molecule has 1 fully saturated rings. The quantitative estimate of drug-likeness (QED) is 0.460. The van der Waals surface area contributed by atoms with E-state index >= 15 is 0 Å². The Labute approximate surface area is 63.8 Å². The average Bonchev–Trinajstić information content (AvgIpc) is 1.82. The van der Waals surface area contributed by atoms with Crippen LogP contribution < -0.4 is 0 Å². The first-order chi connectivity index (χ1) is 4.61. The van der Waals surface area contributed by atoms with Crippen LogP contribution in [0.5, 0.6) is 0 Å². The molecule has 1 saturated heterocycles. The van der Waals surface area contributed by atoms with Gasteiger partial charge in [-0.3, -0.25) is 11.9 Å². The smallest absolute Gasteiger partial charge is 0.0171 e. The Morgan fingerprint density at radius 1 is 1.20 bits per heavy atom. The van der Waals surface area contributed by atoms with E-state index in [1.54, 1.807) is 0 Å². The summed E-state index contributed by atoms with van der Waals surface area (Å²) in [5.41, 5.74) is 0. The van der Waals surface area contributed by atoms with Crippen molar-refractivity contribution in [2.75, 3.05) is 20.1 Å². The van der Waals surface area contributed by atoms with Crippen molar-refractivity contribution in [3.63, 3.8) is 0 Å². The predicted molar refractivity (Wildman–Crippen MR) is 43.6 cm³/mol. The molecule has 2 unspecified atom stereocenters. The zero-order valence-corrected chi connectivity index (χ0v) is 7.17. The fourth-order valence-electron chi connectivity index (χ4n) is 1.51. The molecule has 0 bridgehead atoms. The second-order valence-electron chi connectivity index (χ2n) is 3.40. The third-order valence-electron chi connectivity index (χ3n) is 2.44. The normalized spacial score (nSPS) is 38.4. The Balaban J connectivity index is 2.49. The van der Waals surface area contributed by atoms with E-state index < -0.39 is 0 Å². The Hall–Kier alpha value is -0.0800. The molecule has 1 aliphatic rings. The molecule has 0 aromatic rings. The lowest BCUT2D eigenvalue weighted by Gasteiger charge is -2.44. The maximum Gasteiger partial charge on any atom is 0.0171 e. The van der Waals surface area contributed by atoms with Crippen molar-refractivity contribution in [3.05, 3.63) is 7.05 Å². The summed E-state index contributed by atoms with van der Waals surface area (Å²) in [6.45, 7) is 6.68. The molecule has 0 N–H and O–H groups in total. The van der Waals surface area contributed by atoms with E-state index in [4.69, 9.17) is 0 Å². The lowest BCUT2D eigenvalue weighted by Crippen LogP contribution is -2.52. The molecule has 0 aromatic heterocycles. The highest BCUT2D eigenvalue weighted by molar-refractivity contribution is 4.81. The van der Waals surface area contributed by atoms with Crippen molar-refractivity contribution >= 4 is 0 Å². The lowest BCUT2D eigenvalue weighted by atomic mass is 10.1. The first kappa shape index (κ1) is 8.02.